The van der Waals surface area contributed by atoms with E-state index in [0.717, 1.165) is 34.4 Å². The summed E-state index contributed by atoms with van der Waals surface area (Å²) in [6.45, 7) is -3.17. The SMILES string of the molecule is N#CCCOP1(=O)OCC2OC(n3cnc4c(=O)[nH]cnc43)[C@H](F)[C@@H]2OP(=O)(OCC#N)OCC2OC(n3cnc4c(=O)[nH]cnc43)[C@H](F)[C@@H]2O1. The molecule has 26 heteroatoms. The van der Waals surface area contributed by atoms with Crippen molar-refractivity contribution >= 4 is 38.0 Å². The van der Waals surface area contributed by atoms with E-state index in [2.05, 4.69) is 29.9 Å². The molecule has 0 radical (unpaired) electrons. The molecule has 0 spiro atoms. The van der Waals surface area contributed by atoms with Crippen molar-refractivity contribution in [1.29, 1.82) is 10.5 Å². The molecule has 22 nitrogen and oxygen atoms in total. The van der Waals surface area contributed by atoms with Crippen molar-refractivity contribution in [3.63, 3.8) is 0 Å². The van der Waals surface area contributed by atoms with Gasteiger partial charge in [-0.25, -0.2) is 37.8 Å². The molecule has 3 aliphatic heterocycles. The van der Waals surface area contributed by atoms with E-state index in [9.17, 15) is 18.7 Å². The van der Waals surface area contributed by atoms with Crippen molar-refractivity contribution < 1.29 is 54.5 Å². The minimum absolute atomic E-state index is 0.0975. The number of imidazole rings is 2. The van der Waals surface area contributed by atoms with Gasteiger partial charge in [-0.15, -0.1) is 0 Å². The monoisotopic (exact) mass is 756 g/mol. The maximum absolute atomic E-state index is 16.4. The molecule has 10 atom stereocenters. The predicted molar refractivity (Wildman–Crippen MR) is 159 cm³/mol. The fourth-order valence-corrected chi connectivity index (χ4v) is 8.27. The van der Waals surface area contributed by atoms with Crippen molar-refractivity contribution in [3.8, 4) is 12.1 Å². The fourth-order valence-electron chi connectivity index (χ4n) is 5.59. The third-order valence-electron chi connectivity index (χ3n) is 7.86. The van der Waals surface area contributed by atoms with E-state index in [-0.39, 0.29) is 28.7 Å². The lowest BCUT2D eigenvalue weighted by Gasteiger charge is -2.29. The van der Waals surface area contributed by atoms with E-state index < -0.39 is 102 Å². The van der Waals surface area contributed by atoms with Gasteiger partial charge in [0.25, 0.3) is 11.1 Å². The Labute approximate surface area is 282 Å². The Hall–Kier alpha value is -4.32. The first-order valence-electron chi connectivity index (χ1n) is 14.8. The zero-order chi connectivity index (χ0) is 35.9. The van der Waals surface area contributed by atoms with Crippen molar-refractivity contribution in [2.45, 2.75) is 55.6 Å². The molecular weight excluding hydrogens is 732 g/mol. The number of ether oxygens (including phenoxy) is 2. The summed E-state index contributed by atoms with van der Waals surface area (Å²) in [6, 6.07) is 3.38. The van der Waals surface area contributed by atoms with Gasteiger partial charge >= 0.3 is 15.6 Å². The van der Waals surface area contributed by atoms with E-state index in [1.807, 2.05) is 0 Å². The minimum atomic E-state index is -4.96. The number of aromatic nitrogens is 8. The smallest absolute Gasteiger partial charge is 0.346 e. The van der Waals surface area contributed by atoms with Gasteiger partial charge in [0.15, 0.2) is 47.1 Å². The lowest BCUT2D eigenvalue weighted by Crippen LogP contribution is -2.37. The highest BCUT2D eigenvalue weighted by Gasteiger charge is 2.56. The van der Waals surface area contributed by atoms with Crippen LogP contribution in [-0.4, -0.2) is 102 Å². The van der Waals surface area contributed by atoms with Gasteiger partial charge in [-0.05, 0) is 0 Å². The number of phosphoric acid groups is 2. The molecule has 4 aromatic rings. The van der Waals surface area contributed by atoms with Crippen molar-refractivity contribution in [2.24, 2.45) is 0 Å². The van der Waals surface area contributed by atoms with Crippen molar-refractivity contribution in [3.05, 3.63) is 46.0 Å². The quantitative estimate of drug-likeness (QED) is 0.198. The molecule has 0 aliphatic carbocycles. The number of nitrogens with one attached hydrogen (secondary N) is 2. The zero-order valence-electron chi connectivity index (χ0n) is 25.6. The highest BCUT2D eigenvalue weighted by atomic mass is 31.2. The number of rotatable bonds is 7. The molecule has 4 aromatic heterocycles. The van der Waals surface area contributed by atoms with Crippen LogP contribution in [0.3, 0.4) is 0 Å². The number of H-pyrrole nitrogens is 2. The second-order valence-corrected chi connectivity index (χ2v) is 14.2. The normalized spacial score (nSPS) is 34.3. The van der Waals surface area contributed by atoms with Gasteiger partial charge in [-0.3, -0.25) is 45.9 Å². The topological polar surface area (TPSA) is 283 Å². The van der Waals surface area contributed by atoms with Crippen LogP contribution >= 0.6 is 15.6 Å². The van der Waals surface area contributed by atoms with Crippen LogP contribution < -0.4 is 11.1 Å². The number of fused-ring (bicyclic) bond motifs is 4. The summed E-state index contributed by atoms with van der Waals surface area (Å²) < 4.78 is 107. The Morgan fingerprint density at radius 2 is 1.29 bits per heavy atom. The summed E-state index contributed by atoms with van der Waals surface area (Å²) in [5.41, 5.74) is -1.80. The van der Waals surface area contributed by atoms with E-state index in [0.29, 0.717) is 0 Å². The number of nitrogens with zero attached hydrogens (tertiary/aromatic N) is 8. The van der Waals surface area contributed by atoms with Crippen LogP contribution in [0, 0.1) is 22.7 Å². The van der Waals surface area contributed by atoms with Crippen molar-refractivity contribution in [1.82, 2.24) is 39.0 Å². The molecular formula is C25H24F2N10O12P2. The number of nitriles is 2. The second kappa shape index (κ2) is 14.0. The molecule has 6 unspecified atom stereocenters. The second-order valence-electron chi connectivity index (χ2n) is 10.9. The van der Waals surface area contributed by atoms with Crippen LogP contribution in [0.1, 0.15) is 18.9 Å². The van der Waals surface area contributed by atoms with Gasteiger partial charge < -0.3 is 19.4 Å². The number of phosphoric ester groups is 2. The number of alkyl halides is 2. The van der Waals surface area contributed by atoms with Crippen LogP contribution in [0.2, 0.25) is 0 Å². The van der Waals surface area contributed by atoms with Gasteiger partial charge in [-0.2, -0.15) is 10.5 Å². The first kappa shape index (κ1) is 35.1. The van der Waals surface area contributed by atoms with E-state index >= 15 is 8.78 Å². The first-order valence-corrected chi connectivity index (χ1v) is 17.8. The molecule has 0 amide bonds. The fraction of sp³-hybridized carbons (Fsp3) is 0.520. The largest absolute Gasteiger partial charge is 0.476 e. The molecule has 2 N–H and O–H groups in total. The third kappa shape index (κ3) is 6.63. The Morgan fingerprint density at radius 3 is 1.76 bits per heavy atom. The highest BCUT2D eigenvalue weighted by molar-refractivity contribution is 7.48. The lowest BCUT2D eigenvalue weighted by molar-refractivity contribution is -0.0699. The molecule has 51 heavy (non-hydrogen) atoms. The summed E-state index contributed by atoms with van der Waals surface area (Å²) in [7, 11) is -9.87. The summed E-state index contributed by atoms with van der Waals surface area (Å²) in [6.07, 6.45) is -11.0. The molecule has 3 aliphatic rings. The molecule has 0 aromatic carbocycles. The van der Waals surface area contributed by atoms with Crippen LogP contribution in [0.15, 0.2) is 34.9 Å². The first-order chi connectivity index (χ1) is 24.5. The van der Waals surface area contributed by atoms with Crippen LogP contribution in [0.25, 0.3) is 22.3 Å². The standard InChI is InChI=1S/C25H24F2N10O12P2/c26-14-18-13(47-24(14)36-10-34-16-20(36)30-8-32-22(16)38)7-45-51(41,43-5-3-29)49-19-12(6-44-50(40,48-18)42-4-1-2-28)46-25(15(19)27)37-11-35-17-21(37)31-9-33-23(17)39/h8-15,18-19,24-25H,1,4-7H2,(H,30,32,38)(H,31,33,39)/t12?,13?,14-,15-,18-,19-,24?,25?,50?,51?/m1/s1. The van der Waals surface area contributed by atoms with Gasteiger partial charge in [0, 0.05) is 0 Å². The Kier molecular flexibility index (Phi) is 9.64. The molecule has 3 saturated heterocycles. The average molecular weight is 756 g/mol. The van der Waals surface area contributed by atoms with E-state index in [1.54, 1.807) is 12.1 Å². The molecule has 270 valence electrons. The van der Waals surface area contributed by atoms with Crippen LogP contribution in [0.5, 0.6) is 0 Å². The molecule has 0 bridgehead atoms. The maximum atomic E-state index is 16.4. The van der Waals surface area contributed by atoms with E-state index in [4.69, 9.17) is 47.1 Å². The van der Waals surface area contributed by atoms with Crippen LogP contribution in [0.4, 0.5) is 8.78 Å². The minimum Gasteiger partial charge on any atom is -0.346 e. The molecule has 7 rings (SSSR count). The predicted octanol–water partition coefficient (Wildman–Crippen LogP) is 1.23. The molecule has 3 fully saturated rings. The maximum Gasteiger partial charge on any atom is 0.476 e. The number of aromatic amines is 2. The average Bonchev–Trinajstić information content (AvgIpc) is 3.88. The number of hydrogen-bond donors (Lipinski definition) is 2. The van der Waals surface area contributed by atoms with Gasteiger partial charge in [0.05, 0.1) is 63.7 Å². The van der Waals surface area contributed by atoms with Crippen LogP contribution in [-0.2, 0) is 45.7 Å². The van der Waals surface area contributed by atoms with Gasteiger partial charge in [0.1, 0.15) is 31.0 Å². The van der Waals surface area contributed by atoms with Gasteiger partial charge in [-0.1, -0.05) is 0 Å². The molecule has 7 heterocycles. The molecule has 0 saturated carbocycles. The summed E-state index contributed by atoms with van der Waals surface area (Å²) in [4.78, 5) is 45.0. The Morgan fingerprint density at radius 1 is 0.804 bits per heavy atom. The van der Waals surface area contributed by atoms with Crippen molar-refractivity contribution in [2.75, 3.05) is 26.4 Å². The number of hydrogen-bond acceptors (Lipinski definition) is 18. The number of halogens is 2. The summed E-state index contributed by atoms with van der Waals surface area (Å²) in [5, 5.41) is 18.2. The van der Waals surface area contributed by atoms with Gasteiger partial charge in [0.2, 0.25) is 0 Å². The zero-order valence-corrected chi connectivity index (χ0v) is 27.4. The third-order valence-corrected chi connectivity index (χ3v) is 10.7. The summed E-state index contributed by atoms with van der Waals surface area (Å²) >= 11 is 0. The highest BCUT2D eigenvalue weighted by Crippen LogP contribution is 2.58. The lowest BCUT2D eigenvalue weighted by atomic mass is 10.1. The van der Waals surface area contributed by atoms with E-state index in [1.165, 1.54) is 0 Å². The Balaban J connectivity index is 1.24. The summed E-state index contributed by atoms with van der Waals surface area (Å²) in [5.74, 6) is 0. The Bertz CT molecular complexity index is 2240.